The van der Waals surface area contributed by atoms with Crippen LogP contribution in [-0.4, -0.2) is 6.79 Å². The Balaban J connectivity index is 1.68. The molecule has 0 N–H and O–H groups in total. The summed E-state index contributed by atoms with van der Waals surface area (Å²) >= 11 is 6.25. The molecular formula is C20H17ClNO2+. The molecule has 3 nitrogen and oxygen atoms in total. The van der Waals surface area contributed by atoms with Crippen molar-refractivity contribution in [3.8, 4) is 16.9 Å². The lowest BCUT2D eigenvalue weighted by Crippen LogP contribution is -2.34. The van der Waals surface area contributed by atoms with E-state index in [1.165, 1.54) is 11.1 Å². The second-order valence-corrected chi connectivity index (χ2v) is 6.23. The highest BCUT2D eigenvalue weighted by Gasteiger charge is 2.19. The van der Waals surface area contributed by atoms with E-state index in [1.807, 2.05) is 30.3 Å². The van der Waals surface area contributed by atoms with Gasteiger partial charge in [-0.25, -0.2) is 4.57 Å². The molecule has 24 heavy (non-hydrogen) atoms. The zero-order chi connectivity index (χ0) is 16.4. The minimum Gasteiger partial charge on any atom is -0.467 e. The second-order valence-electron chi connectivity index (χ2n) is 5.79. The lowest BCUT2D eigenvalue weighted by atomic mass is 10.1. The lowest BCUT2D eigenvalue weighted by molar-refractivity contribution is -0.687. The molecule has 0 radical (unpaired) electrons. The van der Waals surface area contributed by atoms with Crippen LogP contribution in [0, 0.1) is 0 Å². The minimum atomic E-state index is 0.288. The monoisotopic (exact) mass is 338 g/mol. The maximum Gasteiger partial charge on any atom is 0.189 e. The van der Waals surface area contributed by atoms with E-state index in [4.69, 9.17) is 21.1 Å². The molecule has 0 amide bonds. The van der Waals surface area contributed by atoms with Gasteiger partial charge in [-0.3, -0.25) is 0 Å². The van der Waals surface area contributed by atoms with Crippen molar-refractivity contribution in [1.29, 1.82) is 0 Å². The number of pyridine rings is 1. The largest absolute Gasteiger partial charge is 0.467 e. The van der Waals surface area contributed by atoms with Crippen LogP contribution in [0.4, 0.5) is 0 Å². The van der Waals surface area contributed by atoms with Crippen LogP contribution < -0.4 is 9.30 Å². The fraction of sp³-hybridized carbons (Fsp3) is 0.150. The highest BCUT2D eigenvalue weighted by atomic mass is 35.5. The zero-order valence-electron chi connectivity index (χ0n) is 13.1. The van der Waals surface area contributed by atoms with Crippen LogP contribution >= 0.6 is 11.6 Å². The molecular weight excluding hydrogens is 322 g/mol. The third-order valence-corrected chi connectivity index (χ3v) is 4.29. The predicted molar refractivity (Wildman–Crippen MR) is 92.9 cm³/mol. The Labute approximate surface area is 146 Å². The molecule has 4 heteroatoms. The molecule has 0 unspecified atom stereocenters. The van der Waals surface area contributed by atoms with E-state index in [-0.39, 0.29) is 6.79 Å². The van der Waals surface area contributed by atoms with Crippen LogP contribution in [0.15, 0.2) is 67.0 Å². The number of benzene rings is 2. The molecule has 1 aliphatic heterocycles. The number of nitrogens with zero attached hydrogens (tertiary/aromatic N) is 1. The quantitative estimate of drug-likeness (QED) is 0.667. The average Bonchev–Trinajstić information content (AvgIpc) is 2.62. The smallest absolute Gasteiger partial charge is 0.189 e. The van der Waals surface area contributed by atoms with E-state index < -0.39 is 0 Å². The van der Waals surface area contributed by atoms with Gasteiger partial charge in [-0.2, -0.15) is 0 Å². The highest BCUT2D eigenvalue weighted by Crippen LogP contribution is 2.31. The highest BCUT2D eigenvalue weighted by molar-refractivity contribution is 6.30. The fourth-order valence-corrected chi connectivity index (χ4v) is 3.26. The van der Waals surface area contributed by atoms with Gasteiger partial charge in [0.15, 0.2) is 25.7 Å². The molecule has 0 bridgehead atoms. The van der Waals surface area contributed by atoms with Crippen LogP contribution in [0.25, 0.3) is 11.1 Å². The summed E-state index contributed by atoms with van der Waals surface area (Å²) in [5, 5.41) is 0.706. The summed E-state index contributed by atoms with van der Waals surface area (Å²) < 4.78 is 13.2. The molecule has 2 heterocycles. The summed E-state index contributed by atoms with van der Waals surface area (Å²) in [4.78, 5) is 0. The molecule has 0 aliphatic carbocycles. The van der Waals surface area contributed by atoms with Gasteiger partial charge >= 0.3 is 0 Å². The van der Waals surface area contributed by atoms with Gasteiger partial charge in [0, 0.05) is 22.2 Å². The summed E-state index contributed by atoms with van der Waals surface area (Å²) in [5.41, 5.74) is 4.45. The molecule has 1 aromatic heterocycles. The number of fused-ring (bicyclic) bond motifs is 1. The SMILES string of the molecule is Clc1cc2c(c(C[n+]3cccc(-c4ccccc4)c3)c1)OCOC2. The second kappa shape index (κ2) is 6.63. The third kappa shape index (κ3) is 3.14. The number of hydrogen-bond acceptors (Lipinski definition) is 2. The van der Waals surface area contributed by atoms with Crippen molar-refractivity contribution in [2.45, 2.75) is 13.2 Å². The van der Waals surface area contributed by atoms with E-state index in [2.05, 4.69) is 41.2 Å². The van der Waals surface area contributed by atoms with Crippen molar-refractivity contribution in [2.24, 2.45) is 0 Å². The average molecular weight is 339 g/mol. The van der Waals surface area contributed by atoms with Crippen LogP contribution in [-0.2, 0) is 17.9 Å². The summed E-state index contributed by atoms with van der Waals surface area (Å²) in [6, 6.07) is 18.4. The van der Waals surface area contributed by atoms with Crippen molar-refractivity contribution in [2.75, 3.05) is 6.79 Å². The van der Waals surface area contributed by atoms with Crippen molar-refractivity contribution >= 4 is 11.6 Å². The van der Waals surface area contributed by atoms with E-state index >= 15 is 0 Å². The first-order chi connectivity index (χ1) is 11.8. The van der Waals surface area contributed by atoms with Gasteiger partial charge in [0.25, 0.3) is 0 Å². The molecule has 120 valence electrons. The Bertz CT molecular complexity index is 865. The first-order valence-corrected chi connectivity index (χ1v) is 8.24. The van der Waals surface area contributed by atoms with Crippen LogP contribution in [0.3, 0.4) is 0 Å². The first kappa shape index (κ1) is 15.2. The maximum absolute atomic E-state index is 6.25. The minimum absolute atomic E-state index is 0.288. The van der Waals surface area contributed by atoms with Gasteiger partial charge in [-0.05, 0) is 23.8 Å². The third-order valence-electron chi connectivity index (χ3n) is 4.07. The van der Waals surface area contributed by atoms with Crippen molar-refractivity contribution in [3.63, 3.8) is 0 Å². The van der Waals surface area contributed by atoms with Gasteiger partial charge in [0.2, 0.25) is 0 Å². The first-order valence-electron chi connectivity index (χ1n) is 7.86. The molecule has 1 aliphatic rings. The lowest BCUT2D eigenvalue weighted by Gasteiger charge is -2.20. The standard InChI is InChI=1S/C20H17ClNO2/c21-19-9-17(20-18(10-19)13-23-14-24-20)12-22-8-4-7-16(11-22)15-5-2-1-3-6-15/h1-11H,12-14H2/q+1. The van der Waals surface area contributed by atoms with Gasteiger partial charge in [0.1, 0.15) is 5.75 Å². The Morgan fingerprint density at radius 3 is 2.71 bits per heavy atom. The van der Waals surface area contributed by atoms with E-state index in [0.29, 0.717) is 18.2 Å². The zero-order valence-corrected chi connectivity index (χ0v) is 13.9. The van der Waals surface area contributed by atoms with Crippen LogP contribution in [0.1, 0.15) is 11.1 Å². The molecule has 3 aromatic rings. The number of aromatic nitrogens is 1. The van der Waals surface area contributed by atoms with Crippen LogP contribution in [0.2, 0.25) is 5.02 Å². The van der Waals surface area contributed by atoms with E-state index in [0.717, 1.165) is 16.9 Å². The molecule has 0 atom stereocenters. The van der Waals surface area contributed by atoms with Gasteiger partial charge < -0.3 is 9.47 Å². The normalized spacial score (nSPS) is 13.2. The van der Waals surface area contributed by atoms with E-state index in [9.17, 15) is 0 Å². The number of rotatable bonds is 3. The Kier molecular flexibility index (Phi) is 4.20. The summed E-state index contributed by atoms with van der Waals surface area (Å²) in [6.07, 6.45) is 4.20. The van der Waals surface area contributed by atoms with Crippen molar-refractivity contribution < 1.29 is 14.0 Å². The summed E-state index contributed by atoms with van der Waals surface area (Å²) in [7, 11) is 0. The van der Waals surface area contributed by atoms with Gasteiger partial charge in [0.05, 0.1) is 12.2 Å². The molecule has 0 spiro atoms. The van der Waals surface area contributed by atoms with Gasteiger partial charge in [-0.15, -0.1) is 0 Å². The number of halogens is 1. The fourth-order valence-electron chi connectivity index (χ4n) is 2.99. The Morgan fingerprint density at radius 1 is 1.00 bits per heavy atom. The molecule has 0 saturated heterocycles. The van der Waals surface area contributed by atoms with Crippen molar-refractivity contribution in [3.05, 3.63) is 83.1 Å². The number of hydrogen-bond donors (Lipinski definition) is 0. The molecule has 2 aromatic carbocycles. The van der Waals surface area contributed by atoms with Crippen LogP contribution in [0.5, 0.6) is 5.75 Å². The Morgan fingerprint density at radius 2 is 1.83 bits per heavy atom. The summed E-state index contributed by atoms with van der Waals surface area (Å²) in [5.74, 6) is 0.892. The molecule has 4 rings (SSSR count). The molecule has 0 saturated carbocycles. The van der Waals surface area contributed by atoms with E-state index in [1.54, 1.807) is 0 Å². The summed E-state index contributed by atoms with van der Waals surface area (Å²) in [6.45, 7) is 1.53. The van der Waals surface area contributed by atoms with Crippen molar-refractivity contribution in [1.82, 2.24) is 0 Å². The topological polar surface area (TPSA) is 22.3 Å². The molecule has 0 fully saturated rings. The number of ether oxygens (including phenoxy) is 2. The maximum atomic E-state index is 6.25. The van der Waals surface area contributed by atoms with Gasteiger partial charge in [-0.1, -0.05) is 41.9 Å². The predicted octanol–water partition coefficient (Wildman–Crippen LogP) is 4.21. The Hall–Kier alpha value is -2.36.